The molecule has 1 unspecified atom stereocenters. The molecule has 4 rings (SSSR count). The second kappa shape index (κ2) is 6.70. The first-order valence-electron chi connectivity index (χ1n) is 8.62. The van der Waals surface area contributed by atoms with Gasteiger partial charge in [0.05, 0.1) is 11.4 Å². The Kier molecular flexibility index (Phi) is 4.38. The monoisotopic (exact) mass is 368 g/mol. The maximum Gasteiger partial charge on any atom is 0.243 e. The zero-order chi connectivity index (χ0) is 18.1. The summed E-state index contributed by atoms with van der Waals surface area (Å²) in [7, 11) is -3.57. The van der Waals surface area contributed by atoms with E-state index in [1.54, 1.807) is 18.2 Å². The van der Waals surface area contributed by atoms with Gasteiger partial charge in [-0.25, -0.2) is 13.4 Å². The van der Waals surface area contributed by atoms with Gasteiger partial charge in [0.25, 0.3) is 0 Å². The highest BCUT2D eigenvalue weighted by atomic mass is 32.2. The Morgan fingerprint density at radius 3 is 2.65 bits per heavy atom. The van der Waals surface area contributed by atoms with Crippen LogP contribution in [0.5, 0.6) is 5.88 Å². The average Bonchev–Trinajstić information content (AvgIpc) is 3.10. The smallest absolute Gasteiger partial charge is 0.243 e. The summed E-state index contributed by atoms with van der Waals surface area (Å²) in [5.74, 6) is 0.541. The lowest BCUT2D eigenvalue weighted by molar-refractivity contribution is 0.206. The third-order valence-electron chi connectivity index (χ3n) is 4.63. The molecule has 0 N–H and O–H groups in total. The Morgan fingerprint density at radius 2 is 1.81 bits per heavy atom. The highest BCUT2D eigenvalue weighted by Gasteiger charge is 2.34. The molecule has 3 aromatic rings. The first-order chi connectivity index (χ1) is 12.5. The summed E-state index contributed by atoms with van der Waals surface area (Å²) >= 11 is 0. The zero-order valence-corrected chi connectivity index (χ0v) is 15.3. The number of hydrogen-bond donors (Lipinski definition) is 0. The van der Waals surface area contributed by atoms with E-state index in [0.717, 1.165) is 16.5 Å². The van der Waals surface area contributed by atoms with Crippen LogP contribution in [0.25, 0.3) is 10.8 Å². The Balaban J connectivity index is 1.57. The lowest BCUT2D eigenvalue weighted by Crippen LogP contribution is -2.31. The van der Waals surface area contributed by atoms with Gasteiger partial charge in [0.1, 0.15) is 6.10 Å². The van der Waals surface area contributed by atoms with Crippen LogP contribution in [0.4, 0.5) is 0 Å². The van der Waals surface area contributed by atoms with Crippen molar-refractivity contribution in [3.63, 3.8) is 0 Å². The van der Waals surface area contributed by atoms with Crippen molar-refractivity contribution in [2.75, 3.05) is 13.1 Å². The molecule has 26 heavy (non-hydrogen) atoms. The Morgan fingerprint density at radius 1 is 1.04 bits per heavy atom. The van der Waals surface area contributed by atoms with E-state index in [9.17, 15) is 8.42 Å². The molecule has 0 aliphatic carbocycles. The van der Waals surface area contributed by atoms with E-state index in [1.807, 2.05) is 49.4 Å². The lowest BCUT2D eigenvalue weighted by Gasteiger charge is -2.18. The van der Waals surface area contributed by atoms with Crippen molar-refractivity contribution in [3.05, 3.63) is 66.4 Å². The van der Waals surface area contributed by atoms with Crippen LogP contribution in [0.15, 0.2) is 65.6 Å². The Hall–Kier alpha value is -2.44. The standard InChI is InChI=1S/C20H20N2O3S/c1-15-6-4-11-20(21-15)25-17-12-13-22(14-17)26(23,24)19-10-5-8-16-7-2-3-9-18(16)19/h2-11,17H,12-14H2,1H3. The largest absolute Gasteiger partial charge is 0.473 e. The van der Waals surface area contributed by atoms with E-state index in [4.69, 9.17) is 4.74 Å². The molecule has 2 heterocycles. The summed E-state index contributed by atoms with van der Waals surface area (Å²) in [5.41, 5.74) is 0.876. The summed E-state index contributed by atoms with van der Waals surface area (Å²) < 4.78 is 33.7. The third kappa shape index (κ3) is 3.18. The minimum atomic E-state index is -3.57. The third-order valence-corrected chi connectivity index (χ3v) is 6.55. The molecular formula is C20H20N2O3S. The molecule has 0 bridgehead atoms. The van der Waals surface area contributed by atoms with E-state index < -0.39 is 10.0 Å². The summed E-state index contributed by atoms with van der Waals surface area (Å²) in [6.07, 6.45) is 0.466. The molecule has 1 aliphatic rings. The number of pyridine rings is 1. The molecule has 134 valence electrons. The molecule has 0 amide bonds. The summed E-state index contributed by atoms with van der Waals surface area (Å²) in [6.45, 7) is 2.68. The fourth-order valence-electron chi connectivity index (χ4n) is 3.33. The van der Waals surface area contributed by atoms with Gasteiger partial charge >= 0.3 is 0 Å². The predicted octanol–water partition coefficient (Wildman–Crippen LogP) is 3.39. The van der Waals surface area contributed by atoms with Crippen LogP contribution in [0, 0.1) is 6.92 Å². The second-order valence-electron chi connectivity index (χ2n) is 6.49. The average molecular weight is 368 g/mol. The second-order valence-corrected chi connectivity index (χ2v) is 8.39. The van der Waals surface area contributed by atoms with E-state index in [-0.39, 0.29) is 6.10 Å². The van der Waals surface area contributed by atoms with Crippen LogP contribution in [0.2, 0.25) is 0 Å². The van der Waals surface area contributed by atoms with E-state index in [2.05, 4.69) is 4.98 Å². The topological polar surface area (TPSA) is 59.5 Å². The number of ether oxygens (including phenoxy) is 1. The predicted molar refractivity (Wildman–Crippen MR) is 101 cm³/mol. The van der Waals surface area contributed by atoms with Crippen molar-refractivity contribution in [1.29, 1.82) is 0 Å². The van der Waals surface area contributed by atoms with E-state index in [1.165, 1.54) is 4.31 Å². The molecule has 0 spiro atoms. The fraction of sp³-hybridized carbons (Fsp3) is 0.250. The number of nitrogens with zero attached hydrogens (tertiary/aromatic N) is 2. The van der Waals surface area contributed by atoms with Crippen LogP contribution < -0.4 is 4.74 Å². The number of aromatic nitrogens is 1. The van der Waals surface area contributed by atoms with Crippen LogP contribution in [-0.2, 0) is 10.0 Å². The normalized spacial score (nSPS) is 18.3. The first-order valence-corrected chi connectivity index (χ1v) is 10.1. The maximum absolute atomic E-state index is 13.2. The fourth-order valence-corrected chi connectivity index (χ4v) is 5.03. The molecular weight excluding hydrogens is 348 g/mol. The van der Waals surface area contributed by atoms with Gasteiger partial charge < -0.3 is 4.74 Å². The molecule has 1 saturated heterocycles. The number of fused-ring (bicyclic) bond motifs is 1. The van der Waals surface area contributed by atoms with Crippen LogP contribution in [0.1, 0.15) is 12.1 Å². The molecule has 2 aromatic carbocycles. The van der Waals surface area contributed by atoms with E-state index >= 15 is 0 Å². The van der Waals surface area contributed by atoms with Gasteiger partial charge in [-0.1, -0.05) is 42.5 Å². The van der Waals surface area contributed by atoms with Gasteiger partial charge in [-0.15, -0.1) is 0 Å². The highest BCUT2D eigenvalue weighted by Crippen LogP contribution is 2.28. The van der Waals surface area contributed by atoms with Crippen molar-refractivity contribution in [2.24, 2.45) is 0 Å². The van der Waals surface area contributed by atoms with Crippen molar-refractivity contribution < 1.29 is 13.2 Å². The van der Waals surface area contributed by atoms with Crippen molar-refractivity contribution in [2.45, 2.75) is 24.3 Å². The maximum atomic E-state index is 13.2. The van der Waals surface area contributed by atoms with Crippen molar-refractivity contribution in [1.82, 2.24) is 9.29 Å². The molecule has 1 aliphatic heterocycles. The molecule has 1 aromatic heterocycles. The van der Waals surface area contributed by atoms with E-state index in [0.29, 0.717) is 30.3 Å². The first kappa shape index (κ1) is 17.0. The van der Waals surface area contributed by atoms with Gasteiger partial charge in [-0.2, -0.15) is 4.31 Å². The SMILES string of the molecule is Cc1cccc(OC2CCN(S(=O)(=O)c3cccc4ccccc34)C2)n1. The van der Waals surface area contributed by atoms with Crippen LogP contribution in [0.3, 0.4) is 0 Å². The number of rotatable bonds is 4. The van der Waals surface area contributed by atoms with Gasteiger partial charge in [0, 0.05) is 23.7 Å². The number of aryl methyl sites for hydroxylation is 1. The molecule has 0 radical (unpaired) electrons. The Bertz CT molecular complexity index is 1040. The van der Waals surface area contributed by atoms with Crippen LogP contribution >= 0.6 is 0 Å². The van der Waals surface area contributed by atoms with Crippen molar-refractivity contribution >= 4 is 20.8 Å². The van der Waals surface area contributed by atoms with Crippen LogP contribution in [-0.4, -0.2) is 36.9 Å². The van der Waals surface area contributed by atoms with Crippen molar-refractivity contribution in [3.8, 4) is 5.88 Å². The van der Waals surface area contributed by atoms with Gasteiger partial charge in [0.2, 0.25) is 15.9 Å². The quantitative estimate of drug-likeness (QED) is 0.708. The number of benzene rings is 2. The molecule has 6 heteroatoms. The number of sulfonamides is 1. The molecule has 5 nitrogen and oxygen atoms in total. The molecule has 1 atom stereocenters. The lowest BCUT2D eigenvalue weighted by atomic mass is 10.1. The minimum absolute atomic E-state index is 0.186. The molecule has 0 saturated carbocycles. The number of hydrogen-bond acceptors (Lipinski definition) is 4. The van der Waals surface area contributed by atoms with Gasteiger partial charge in [0.15, 0.2) is 0 Å². The Labute approximate surface area is 153 Å². The highest BCUT2D eigenvalue weighted by molar-refractivity contribution is 7.89. The minimum Gasteiger partial charge on any atom is -0.473 e. The molecule has 1 fully saturated rings. The van der Waals surface area contributed by atoms with Gasteiger partial charge in [-0.3, -0.25) is 0 Å². The zero-order valence-electron chi connectivity index (χ0n) is 14.5. The van der Waals surface area contributed by atoms with Gasteiger partial charge in [-0.05, 0) is 30.9 Å². The summed E-state index contributed by atoms with van der Waals surface area (Å²) in [6, 6.07) is 18.5. The summed E-state index contributed by atoms with van der Waals surface area (Å²) in [4.78, 5) is 4.68. The summed E-state index contributed by atoms with van der Waals surface area (Å²) in [5, 5.41) is 1.67.